The number of aryl methyl sites for hydroxylation is 1. The third-order valence-electron chi connectivity index (χ3n) is 5.61. The molecule has 0 spiro atoms. The Morgan fingerprint density at radius 1 is 1.17 bits per heavy atom. The Kier molecular flexibility index (Phi) is 7.65. The number of ether oxygens (including phenoxy) is 1. The Morgan fingerprint density at radius 2 is 1.89 bits per heavy atom. The molecule has 190 valence electrons. The Hall–Kier alpha value is -3.77. The van der Waals surface area contributed by atoms with Crippen LogP contribution in [0.1, 0.15) is 11.3 Å². The van der Waals surface area contributed by atoms with Crippen molar-refractivity contribution in [3.8, 4) is 5.75 Å². The number of aromatic nitrogens is 3. The maximum Gasteiger partial charge on any atom is 0.573 e. The SMILES string of the molecule is Cc1nc(N2CCN(CCO)CC2)nc2ncc(NC(=O)/C=C/c3ccc(OC(F)(F)F)cc3)cc12. The van der Waals surface area contributed by atoms with Gasteiger partial charge in [-0.15, -0.1) is 13.2 Å². The normalized spacial score (nSPS) is 15.0. The number of nitrogens with zero attached hydrogens (tertiary/aromatic N) is 5. The molecular formula is C24H25F3N6O3. The van der Waals surface area contributed by atoms with Gasteiger partial charge in [0.15, 0.2) is 5.65 Å². The second kappa shape index (κ2) is 10.9. The molecule has 0 bridgehead atoms. The quantitative estimate of drug-likeness (QED) is 0.476. The van der Waals surface area contributed by atoms with Crippen molar-refractivity contribution in [1.29, 1.82) is 0 Å². The zero-order valence-electron chi connectivity index (χ0n) is 19.5. The molecule has 1 saturated heterocycles. The average Bonchev–Trinajstić information content (AvgIpc) is 2.84. The van der Waals surface area contributed by atoms with Crippen molar-refractivity contribution in [3.05, 3.63) is 53.9 Å². The van der Waals surface area contributed by atoms with E-state index in [1.165, 1.54) is 42.6 Å². The lowest BCUT2D eigenvalue weighted by Gasteiger charge is -2.34. The number of anilines is 2. The summed E-state index contributed by atoms with van der Waals surface area (Å²) >= 11 is 0. The van der Waals surface area contributed by atoms with Crippen LogP contribution in [-0.2, 0) is 4.79 Å². The predicted octanol–water partition coefficient (Wildman–Crippen LogP) is 3.00. The summed E-state index contributed by atoms with van der Waals surface area (Å²) in [7, 11) is 0. The Labute approximate surface area is 205 Å². The standard InChI is InChI=1S/C24H25F3N6O3/c1-16-20-14-18(30-21(35)7-4-17-2-5-19(6-3-17)36-24(25,26)27)15-28-22(20)31-23(29-16)33-10-8-32(9-11-33)12-13-34/h2-7,14-15,34H,8-13H2,1H3,(H,30,35)/b7-4+. The van der Waals surface area contributed by atoms with E-state index in [4.69, 9.17) is 5.11 Å². The molecule has 3 aromatic rings. The van der Waals surface area contributed by atoms with Gasteiger partial charge in [0.05, 0.1) is 24.2 Å². The summed E-state index contributed by atoms with van der Waals surface area (Å²) in [6, 6.07) is 6.91. The number of benzene rings is 1. The molecule has 9 nitrogen and oxygen atoms in total. The highest BCUT2D eigenvalue weighted by Gasteiger charge is 2.30. The number of piperazine rings is 1. The molecule has 1 amide bonds. The van der Waals surface area contributed by atoms with Crippen molar-refractivity contribution in [2.75, 3.05) is 49.5 Å². The van der Waals surface area contributed by atoms with Gasteiger partial charge in [0.1, 0.15) is 5.75 Å². The van der Waals surface area contributed by atoms with Gasteiger partial charge in [0, 0.05) is 44.2 Å². The summed E-state index contributed by atoms with van der Waals surface area (Å²) in [5, 5.41) is 12.5. The third kappa shape index (κ3) is 6.67. The minimum absolute atomic E-state index is 0.137. The van der Waals surface area contributed by atoms with Crippen molar-refractivity contribution in [2.24, 2.45) is 0 Å². The van der Waals surface area contributed by atoms with Crippen molar-refractivity contribution in [2.45, 2.75) is 13.3 Å². The van der Waals surface area contributed by atoms with Crippen LogP contribution in [0.25, 0.3) is 17.1 Å². The van der Waals surface area contributed by atoms with E-state index in [0.717, 1.165) is 31.9 Å². The summed E-state index contributed by atoms with van der Waals surface area (Å²) in [5.41, 5.74) is 2.24. The highest BCUT2D eigenvalue weighted by molar-refractivity contribution is 6.02. The van der Waals surface area contributed by atoms with E-state index in [1.807, 2.05) is 6.92 Å². The van der Waals surface area contributed by atoms with E-state index in [0.29, 0.717) is 34.8 Å². The van der Waals surface area contributed by atoms with Crippen LogP contribution < -0.4 is 15.0 Å². The average molecular weight is 502 g/mol. The monoisotopic (exact) mass is 502 g/mol. The zero-order chi connectivity index (χ0) is 25.7. The molecule has 36 heavy (non-hydrogen) atoms. The molecule has 1 aromatic carbocycles. The molecule has 4 rings (SSSR count). The van der Waals surface area contributed by atoms with E-state index < -0.39 is 12.3 Å². The van der Waals surface area contributed by atoms with E-state index in [2.05, 4.69) is 34.8 Å². The lowest BCUT2D eigenvalue weighted by molar-refractivity contribution is -0.274. The lowest BCUT2D eigenvalue weighted by atomic mass is 10.2. The zero-order valence-corrected chi connectivity index (χ0v) is 19.5. The van der Waals surface area contributed by atoms with Crippen LogP contribution in [0, 0.1) is 6.92 Å². The maximum absolute atomic E-state index is 12.3. The second-order valence-corrected chi connectivity index (χ2v) is 8.20. The van der Waals surface area contributed by atoms with Gasteiger partial charge < -0.3 is 20.1 Å². The first-order chi connectivity index (χ1) is 17.2. The van der Waals surface area contributed by atoms with Gasteiger partial charge in [-0.2, -0.15) is 4.98 Å². The van der Waals surface area contributed by atoms with Crippen molar-refractivity contribution >= 4 is 34.7 Å². The fourth-order valence-electron chi connectivity index (χ4n) is 3.80. The largest absolute Gasteiger partial charge is 0.573 e. The number of carbonyl (C=O) groups excluding carboxylic acids is 1. The van der Waals surface area contributed by atoms with Crippen LogP contribution in [0.3, 0.4) is 0 Å². The molecule has 1 aliphatic rings. The van der Waals surface area contributed by atoms with Gasteiger partial charge in [0.2, 0.25) is 11.9 Å². The fourth-order valence-corrected chi connectivity index (χ4v) is 3.80. The number of aliphatic hydroxyl groups excluding tert-OH is 1. The molecule has 1 aliphatic heterocycles. The first-order valence-corrected chi connectivity index (χ1v) is 11.3. The molecule has 1 fully saturated rings. The van der Waals surface area contributed by atoms with Crippen LogP contribution in [0.2, 0.25) is 0 Å². The lowest BCUT2D eigenvalue weighted by Crippen LogP contribution is -2.47. The molecule has 2 aromatic heterocycles. The number of fused-ring (bicyclic) bond motifs is 1. The number of aliphatic hydroxyl groups is 1. The van der Waals surface area contributed by atoms with E-state index >= 15 is 0 Å². The number of alkyl halides is 3. The topological polar surface area (TPSA) is 104 Å². The van der Waals surface area contributed by atoms with Crippen LogP contribution in [0.5, 0.6) is 5.75 Å². The number of rotatable bonds is 7. The molecular weight excluding hydrogens is 477 g/mol. The maximum atomic E-state index is 12.3. The third-order valence-corrected chi connectivity index (χ3v) is 5.61. The van der Waals surface area contributed by atoms with Gasteiger partial charge in [-0.1, -0.05) is 12.1 Å². The molecule has 0 radical (unpaired) electrons. The molecule has 0 aliphatic carbocycles. The first kappa shape index (κ1) is 25.3. The van der Waals surface area contributed by atoms with Crippen molar-refractivity contribution in [3.63, 3.8) is 0 Å². The van der Waals surface area contributed by atoms with Crippen LogP contribution >= 0.6 is 0 Å². The number of pyridine rings is 1. The molecule has 3 heterocycles. The molecule has 0 saturated carbocycles. The minimum Gasteiger partial charge on any atom is -0.406 e. The minimum atomic E-state index is -4.76. The number of hydrogen-bond donors (Lipinski definition) is 2. The Morgan fingerprint density at radius 3 is 2.56 bits per heavy atom. The number of halogens is 3. The number of β-amino-alcohol motifs (C(OH)–C–C–N with tert-alkyl or cyclic N) is 1. The highest BCUT2D eigenvalue weighted by atomic mass is 19.4. The smallest absolute Gasteiger partial charge is 0.406 e. The Bertz CT molecular complexity index is 1240. The van der Waals surface area contributed by atoms with Gasteiger partial charge in [-0.25, -0.2) is 9.97 Å². The number of nitrogens with one attached hydrogen (secondary N) is 1. The van der Waals surface area contributed by atoms with E-state index in [-0.39, 0.29) is 12.4 Å². The van der Waals surface area contributed by atoms with Gasteiger partial charge in [-0.3, -0.25) is 9.69 Å². The van der Waals surface area contributed by atoms with Crippen LogP contribution in [0.15, 0.2) is 42.6 Å². The van der Waals surface area contributed by atoms with Crippen molar-refractivity contribution < 1.29 is 27.8 Å². The first-order valence-electron chi connectivity index (χ1n) is 11.3. The molecule has 2 N–H and O–H groups in total. The van der Waals surface area contributed by atoms with Crippen LogP contribution in [-0.4, -0.2) is 76.6 Å². The summed E-state index contributed by atoms with van der Waals surface area (Å²) in [4.78, 5) is 30.2. The van der Waals surface area contributed by atoms with Gasteiger partial charge in [0.25, 0.3) is 0 Å². The second-order valence-electron chi connectivity index (χ2n) is 8.20. The molecule has 0 atom stereocenters. The van der Waals surface area contributed by atoms with E-state index in [1.54, 1.807) is 6.07 Å². The highest BCUT2D eigenvalue weighted by Crippen LogP contribution is 2.24. The number of hydrogen-bond acceptors (Lipinski definition) is 8. The fraction of sp³-hybridized carbons (Fsp3) is 0.333. The summed E-state index contributed by atoms with van der Waals surface area (Å²) < 4.78 is 40.6. The summed E-state index contributed by atoms with van der Waals surface area (Å²) in [6.07, 6.45) is -0.506. The molecule has 0 unspecified atom stereocenters. The molecule has 12 heteroatoms. The number of carbonyl (C=O) groups is 1. The van der Waals surface area contributed by atoms with Crippen molar-refractivity contribution in [1.82, 2.24) is 19.9 Å². The van der Waals surface area contributed by atoms with E-state index in [9.17, 15) is 18.0 Å². The predicted molar refractivity (Wildman–Crippen MR) is 129 cm³/mol. The van der Waals surface area contributed by atoms with Gasteiger partial charge in [-0.05, 0) is 36.8 Å². The summed E-state index contributed by atoms with van der Waals surface area (Å²) in [6.45, 7) is 5.79. The summed E-state index contributed by atoms with van der Waals surface area (Å²) in [5.74, 6) is -0.165. The number of amides is 1. The van der Waals surface area contributed by atoms with Gasteiger partial charge >= 0.3 is 6.36 Å². The van der Waals surface area contributed by atoms with Crippen LogP contribution in [0.4, 0.5) is 24.8 Å². The Balaban J connectivity index is 1.39.